The van der Waals surface area contributed by atoms with E-state index in [1.54, 1.807) is 0 Å². The van der Waals surface area contributed by atoms with Crippen LogP contribution in [0.3, 0.4) is 0 Å². The van der Waals surface area contributed by atoms with Crippen molar-refractivity contribution in [2.24, 2.45) is 0 Å². The van der Waals surface area contributed by atoms with Crippen molar-refractivity contribution in [3.8, 4) is 39.4 Å². The topological polar surface area (TPSA) is 28.1 Å². The average molecular weight is 705 g/mol. The Morgan fingerprint density at radius 2 is 0.946 bits per heavy atom. The van der Waals surface area contributed by atoms with Gasteiger partial charge in [-0.05, 0) is 144 Å². The van der Waals surface area contributed by atoms with Gasteiger partial charge < -0.3 is 0 Å². The van der Waals surface area contributed by atoms with Crippen LogP contribution >= 0.6 is 0 Å². The summed E-state index contributed by atoms with van der Waals surface area (Å²) in [5.41, 5.74) is 7.95. The van der Waals surface area contributed by atoms with Crippen LogP contribution in [0, 0.1) is 17.9 Å². The number of fused-ring (bicyclic) bond motifs is 9. The summed E-state index contributed by atoms with van der Waals surface area (Å²) in [6.07, 6.45) is 0. The van der Waals surface area contributed by atoms with Crippen molar-refractivity contribution < 1.29 is 0 Å². The zero-order chi connectivity index (χ0) is 37.1. The maximum Gasteiger partial charge on any atom is 0.187 e. The number of nitriles is 1. The van der Waals surface area contributed by atoms with Gasteiger partial charge in [-0.2, -0.15) is 5.26 Å². The summed E-state index contributed by atoms with van der Waals surface area (Å²) in [6.45, 7) is 8.02. The van der Waals surface area contributed by atoms with E-state index in [-0.39, 0.29) is 0 Å². The van der Waals surface area contributed by atoms with E-state index in [4.69, 9.17) is 6.57 Å². The first-order valence-corrected chi connectivity index (χ1v) is 18.9. The average Bonchev–Trinajstić information content (AvgIpc) is 3.77. The molecule has 0 aliphatic carbocycles. The molecule has 56 heavy (non-hydrogen) atoms. The van der Waals surface area contributed by atoms with Gasteiger partial charge >= 0.3 is 0 Å². The number of rotatable bonds is 3. The fourth-order valence-corrected chi connectivity index (χ4v) is 9.97. The Kier molecular flexibility index (Phi) is 6.22. The molecule has 2 nitrogen and oxygen atoms in total. The highest BCUT2D eigenvalue weighted by atomic mass is 14.6. The molecule has 0 saturated heterocycles. The molecule has 0 spiro atoms. The van der Waals surface area contributed by atoms with Crippen LogP contribution in [-0.4, -0.2) is 0 Å². The van der Waals surface area contributed by atoms with E-state index in [0.717, 1.165) is 33.0 Å². The van der Waals surface area contributed by atoms with E-state index in [2.05, 4.69) is 157 Å². The predicted octanol–water partition coefficient (Wildman–Crippen LogP) is 15.2. The van der Waals surface area contributed by atoms with E-state index in [1.807, 2.05) is 24.3 Å². The normalized spacial score (nSPS) is 11.9. The van der Waals surface area contributed by atoms with Crippen molar-refractivity contribution in [1.82, 2.24) is 0 Å². The Labute approximate surface area is 322 Å². The minimum absolute atomic E-state index is 0.611. The minimum atomic E-state index is 0.611. The predicted molar refractivity (Wildman–Crippen MR) is 236 cm³/mol. The molecule has 12 aromatic carbocycles. The number of nitrogens with zero attached hydrogens (tertiary/aromatic N) is 2. The zero-order valence-electron chi connectivity index (χ0n) is 30.1. The molecule has 0 fully saturated rings. The molecule has 12 aromatic rings. The van der Waals surface area contributed by atoms with Crippen molar-refractivity contribution in [3.63, 3.8) is 0 Å². The fourth-order valence-electron chi connectivity index (χ4n) is 9.97. The van der Waals surface area contributed by atoms with Crippen molar-refractivity contribution in [3.05, 3.63) is 187 Å². The van der Waals surface area contributed by atoms with Crippen LogP contribution in [-0.2, 0) is 0 Å². The number of benzene rings is 10. The minimum Gasteiger partial charge on any atom is -0.238 e. The summed E-state index contributed by atoms with van der Waals surface area (Å²) in [4.78, 5) is 3.90. The van der Waals surface area contributed by atoms with Crippen LogP contribution in [0.15, 0.2) is 170 Å². The molecule has 0 unspecified atom stereocenters. The lowest BCUT2D eigenvalue weighted by Crippen LogP contribution is -1.91. The number of hydrogen-bond donors (Lipinski definition) is 0. The Bertz CT molecular complexity index is 3720. The van der Waals surface area contributed by atoms with Crippen LogP contribution in [0.25, 0.3) is 124 Å². The summed E-state index contributed by atoms with van der Waals surface area (Å²) in [6, 6.07) is 63.1. The van der Waals surface area contributed by atoms with Crippen LogP contribution in [0.1, 0.15) is 5.56 Å². The van der Waals surface area contributed by atoms with Gasteiger partial charge in [0.1, 0.15) is 0 Å². The molecule has 254 valence electrons. The molecular weight excluding hydrogens is 677 g/mol. The lowest BCUT2D eigenvalue weighted by atomic mass is 9.83. The van der Waals surface area contributed by atoms with Gasteiger partial charge in [0.2, 0.25) is 0 Å². The van der Waals surface area contributed by atoms with E-state index >= 15 is 0 Å². The molecule has 0 amide bonds. The summed E-state index contributed by atoms with van der Waals surface area (Å²) in [5.74, 6) is 0. The summed E-state index contributed by atoms with van der Waals surface area (Å²) in [7, 11) is 0. The third-order valence-corrected chi connectivity index (χ3v) is 12.1. The van der Waals surface area contributed by atoms with Crippen molar-refractivity contribution in [2.45, 2.75) is 0 Å². The van der Waals surface area contributed by atoms with E-state index in [1.165, 1.54) is 86.5 Å². The lowest BCUT2D eigenvalue weighted by molar-refractivity contribution is 1.49. The Hall–Kier alpha value is -7.78. The highest BCUT2D eigenvalue weighted by molar-refractivity contribution is 6.45. The third-order valence-electron chi connectivity index (χ3n) is 12.1. The molecule has 0 aliphatic rings. The standard InChI is InChI=1S/C54H28N2/c1-56-35-16-7-15-34(28-35)48-47-29-46-39-19-5-4-18-38(39)41-21-9-23-43(51(41)46)52(47)49(33-14-6-11-31(27-33)30-55)54-44-24-10-22-42-40(25-26-45(50(42)44)53(48)54)37-20-8-13-32-12-2-3-17-36(32)37/h2-29H. The van der Waals surface area contributed by atoms with Crippen molar-refractivity contribution >= 4 is 91.9 Å². The van der Waals surface area contributed by atoms with E-state index < -0.39 is 0 Å². The summed E-state index contributed by atoms with van der Waals surface area (Å²) < 4.78 is 0. The van der Waals surface area contributed by atoms with Crippen LogP contribution in [0.4, 0.5) is 5.69 Å². The molecule has 0 N–H and O–H groups in total. The highest BCUT2D eigenvalue weighted by Crippen LogP contribution is 2.55. The molecule has 12 rings (SSSR count). The molecular formula is C54H28N2. The van der Waals surface area contributed by atoms with Gasteiger partial charge in [-0.15, -0.1) is 0 Å². The first kappa shape index (κ1) is 30.7. The summed E-state index contributed by atoms with van der Waals surface area (Å²) in [5, 5.41) is 29.5. The molecule has 0 bridgehead atoms. The third kappa shape index (κ3) is 4.03. The number of hydrogen-bond acceptors (Lipinski definition) is 1. The zero-order valence-corrected chi connectivity index (χ0v) is 30.1. The van der Waals surface area contributed by atoms with Crippen LogP contribution < -0.4 is 0 Å². The van der Waals surface area contributed by atoms with E-state index in [0.29, 0.717) is 11.3 Å². The SMILES string of the molecule is [C-]#[N+]c1cccc(-c2c3cc4c5ccccc5c5cccc(c3c(-c3cccc(C#N)c3)c3c6cccc7c(-c8cccc9ccccc89)ccc(c23)c76)c54)c1. The first-order chi connectivity index (χ1) is 27.7. The van der Waals surface area contributed by atoms with Crippen LogP contribution in [0.5, 0.6) is 0 Å². The smallest absolute Gasteiger partial charge is 0.187 e. The van der Waals surface area contributed by atoms with Crippen LogP contribution in [0.2, 0.25) is 0 Å². The maximum atomic E-state index is 10.2. The highest BCUT2D eigenvalue weighted by Gasteiger charge is 2.27. The monoisotopic (exact) mass is 704 g/mol. The van der Waals surface area contributed by atoms with E-state index in [9.17, 15) is 5.26 Å². The molecule has 0 atom stereocenters. The Morgan fingerprint density at radius 3 is 1.77 bits per heavy atom. The Balaban J connectivity index is 1.38. The van der Waals surface area contributed by atoms with Gasteiger partial charge in [-0.1, -0.05) is 146 Å². The summed E-state index contributed by atoms with van der Waals surface area (Å²) >= 11 is 0. The van der Waals surface area contributed by atoms with Gasteiger partial charge in [0, 0.05) is 0 Å². The van der Waals surface area contributed by atoms with Gasteiger partial charge in [0.05, 0.1) is 18.2 Å². The molecule has 0 aromatic heterocycles. The molecule has 2 heteroatoms. The second-order valence-corrected chi connectivity index (χ2v) is 14.9. The molecule has 0 aliphatic heterocycles. The van der Waals surface area contributed by atoms with Gasteiger partial charge in [-0.25, -0.2) is 4.85 Å². The van der Waals surface area contributed by atoms with Gasteiger partial charge in [-0.3, -0.25) is 0 Å². The molecule has 0 radical (unpaired) electrons. The second-order valence-electron chi connectivity index (χ2n) is 14.9. The quantitative estimate of drug-likeness (QED) is 0.133. The van der Waals surface area contributed by atoms with Crippen molar-refractivity contribution in [1.29, 1.82) is 5.26 Å². The van der Waals surface area contributed by atoms with Gasteiger partial charge in [0.25, 0.3) is 0 Å². The maximum absolute atomic E-state index is 10.2. The Morgan fingerprint density at radius 1 is 0.375 bits per heavy atom. The lowest BCUT2D eigenvalue weighted by Gasteiger charge is -2.19. The fraction of sp³-hybridized carbons (Fsp3) is 0. The van der Waals surface area contributed by atoms with Crippen molar-refractivity contribution in [2.75, 3.05) is 0 Å². The largest absolute Gasteiger partial charge is 0.238 e. The van der Waals surface area contributed by atoms with Gasteiger partial charge in [0.15, 0.2) is 5.69 Å². The molecule has 0 heterocycles. The molecule has 0 saturated carbocycles. The second kappa shape index (κ2) is 11.4. The first-order valence-electron chi connectivity index (χ1n) is 18.9.